The molecule has 5 heteroatoms. The van der Waals surface area contributed by atoms with Crippen molar-refractivity contribution in [2.75, 3.05) is 6.67 Å². The summed E-state index contributed by atoms with van der Waals surface area (Å²) >= 11 is 0. The van der Waals surface area contributed by atoms with Gasteiger partial charge in [0.05, 0.1) is 22.8 Å². The highest BCUT2D eigenvalue weighted by Crippen LogP contribution is 2.34. The van der Waals surface area contributed by atoms with Crippen molar-refractivity contribution in [2.24, 2.45) is 5.92 Å². The van der Waals surface area contributed by atoms with E-state index in [0.29, 0.717) is 12.8 Å². The summed E-state index contributed by atoms with van der Waals surface area (Å²) in [6, 6.07) is 6.11. The summed E-state index contributed by atoms with van der Waals surface area (Å²) in [5.41, 5.74) is -1.14. The van der Waals surface area contributed by atoms with Gasteiger partial charge in [-0.2, -0.15) is 0 Å². The topological polar surface area (TPSA) is 63.4 Å². The van der Waals surface area contributed by atoms with E-state index in [4.69, 9.17) is 0 Å². The van der Waals surface area contributed by atoms with Gasteiger partial charge < -0.3 is 5.11 Å². The van der Waals surface area contributed by atoms with Crippen LogP contribution in [0.4, 0.5) is 10.1 Å². The molecule has 0 radical (unpaired) electrons. The van der Waals surface area contributed by atoms with Gasteiger partial charge in [0.25, 0.3) is 5.69 Å². The number of alkyl halides is 1. The minimum Gasteiger partial charge on any atom is -0.385 e. The van der Waals surface area contributed by atoms with Crippen LogP contribution < -0.4 is 0 Å². The Morgan fingerprint density at radius 3 is 2.67 bits per heavy atom. The first-order valence-corrected chi connectivity index (χ1v) is 5.90. The average Bonchev–Trinajstić information content (AvgIpc) is 2.28. The first-order valence-electron chi connectivity index (χ1n) is 5.90. The zero-order chi connectivity index (χ0) is 13.8. The lowest BCUT2D eigenvalue weighted by molar-refractivity contribution is -0.386. The highest BCUT2D eigenvalue weighted by Gasteiger charge is 2.31. The largest absolute Gasteiger partial charge is 0.385 e. The monoisotopic (exact) mass is 255 g/mol. The molecule has 0 saturated carbocycles. The Morgan fingerprint density at radius 2 is 2.11 bits per heavy atom. The number of halogens is 1. The van der Waals surface area contributed by atoms with Crippen LogP contribution in [0.3, 0.4) is 0 Å². The Morgan fingerprint density at radius 1 is 1.50 bits per heavy atom. The molecular formula is C13H18FNO3. The molecule has 1 aromatic carbocycles. The van der Waals surface area contributed by atoms with E-state index in [1.165, 1.54) is 13.0 Å². The summed E-state index contributed by atoms with van der Waals surface area (Å²) in [5.74, 6) is -0.0372. The number of benzene rings is 1. The van der Waals surface area contributed by atoms with Crippen molar-refractivity contribution in [1.82, 2.24) is 0 Å². The quantitative estimate of drug-likeness (QED) is 0.627. The normalized spacial score (nSPS) is 16.0. The van der Waals surface area contributed by atoms with Crippen molar-refractivity contribution < 1.29 is 14.4 Å². The molecule has 0 heterocycles. The van der Waals surface area contributed by atoms with Crippen LogP contribution >= 0.6 is 0 Å². The molecule has 0 aromatic heterocycles. The molecule has 0 bridgehead atoms. The summed E-state index contributed by atoms with van der Waals surface area (Å²) in [5, 5.41) is 21.3. The van der Waals surface area contributed by atoms with Crippen LogP contribution in [0.25, 0.3) is 0 Å². The SMILES string of the molecule is CC(CCF)CC(C)(O)c1ccccc1[N+](=O)[O-]. The first-order chi connectivity index (χ1) is 8.38. The summed E-state index contributed by atoms with van der Waals surface area (Å²) in [7, 11) is 0. The van der Waals surface area contributed by atoms with Gasteiger partial charge in [-0.1, -0.05) is 19.1 Å². The number of nitro groups is 1. The molecule has 2 atom stereocenters. The summed E-state index contributed by atoms with van der Waals surface area (Å²) < 4.78 is 12.2. The van der Waals surface area contributed by atoms with Crippen molar-refractivity contribution >= 4 is 5.69 Å². The predicted molar refractivity (Wildman–Crippen MR) is 67.0 cm³/mol. The van der Waals surface area contributed by atoms with Crippen LogP contribution in [-0.2, 0) is 5.60 Å². The smallest absolute Gasteiger partial charge is 0.275 e. The van der Waals surface area contributed by atoms with Gasteiger partial charge >= 0.3 is 0 Å². The maximum Gasteiger partial charge on any atom is 0.275 e. The third-order valence-electron chi connectivity index (χ3n) is 3.03. The molecule has 0 aliphatic heterocycles. The van der Waals surface area contributed by atoms with Crippen LogP contribution in [-0.4, -0.2) is 16.7 Å². The van der Waals surface area contributed by atoms with Gasteiger partial charge in [0, 0.05) is 6.07 Å². The van der Waals surface area contributed by atoms with E-state index in [-0.39, 0.29) is 17.2 Å². The summed E-state index contributed by atoms with van der Waals surface area (Å²) in [4.78, 5) is 10.4. The van der Waals surface area contributed by atoms with Gasteiger partial charge in [0.15, 0.2) is 0 Å². The van der Waals surface area contributed by atoms with Gasteiger partial charge in [-0.15, -0.1) is 0 Å². The van der Waals surface area contributed by atoms with Gasteiger partial charge in [0.1, 0.15) is 0 Å². The molecule has 0 aliphatic rings. The zero-order valence-corrected chi connectivity index (χ0v) is 10.6. The van der Waals surface area contributed by atoms with Crippen molar-refractivity contribution in [3.05, 3.63) is 39.9 Å². The second kappa shape index (κ2) is 5.91. The molecule has 0 aliphatic carbocycles. The molecular weight excluding hydrogens is 237 g/mol. The van der Waals surface area contributed by atoms with Gasteiger partial charge in [-0.25, -0.2) is 0 Å². The number of hydrogen-bond donors (Lipinski definition) is 1. The third-order valence-corrected chi connectivity index (χ3v) is 3.03. The van der Waals surface area contributed by atoms with E-state index in [2.05, 4.69) is 0 Å². The summed E-state index contributed by atoms with van der Waals surface area (Å²) in [6.45, 7) is 2.90. The molecule has 0 spiro atoms. The van der Waals surface area contributed by atoms with Crippen LogP contribution in [0.15, 0.2) is 24.3 Å². The molecule has 4 nitrogen and oxygen atoms in total. The minimum atomic E-state index is -1.32. The number of aliphatic hydroxyl groups is 1. The maximum absolute atomic E-state index is 12.2. The molecule has 18 heavy (non-hydrogen) atoms. The fourth-order valence-corrected chi connectivity index (χ4v) is 2.17. The fourth-order valence-electron chi connectivity index (χ4n) is 2.17. The minimum absolute atomic E-state index is 0.0372. The van der Waals surface area contributed by atoms with E-state index in [0.717, 1.165) is 0 Å². The molecule has 2 unspecified atom stereocenters. The van der Waals surface area contributed by atoms with Crippen molar-refractivity contribution in [3.8, 4) is 0 Å². The Hall–Kier alpha value is -1.49. The number of rotatable bonds is 6. The molecule has 1 N–H and O–H groups in total. The fraction of sp³-hybridized carbons (Fsp3) is 0.538. The number of hydrogen-bond acceptors (Lipinski definition) is 3. The van der Waals surface area contributed by atoms with Crippen molar-refractivity contribution in [1.29, 1.82) is 0 Å². The Balaban J connectivity index is 3.00. The van der Waals surface area contributed by atoms with E-state index in [1.54, 1.807) is 18.2 Å². The number of nitro benzene ring substituents is 1. The molecule has 1 aromatic rings. The lowest BCUT2D eigenvalue weighted by Crippen LogP contribution is -2.25. The van der Waals surface area contributed by atoms with Crippen molar-refractivity contribution in [3.63, 3.8) is 0 Å². The van der Waals surface area contributed by atoms with E-state index >= 15 is 0 Å². The second-order valence-electron chi connectivity index (χ2n) is 4.84. The standard InChI is InChI=1S/C13H18FNO3/c1-10(7-8-14)9-13(2,16)11-5-3-4-6-12(11)15(17)18/h3-6,10,16H,7-9H2,1-2H3. The molecule has 1 rings (SSSR count). The Kier molecular flexibility index (Phi) is 4.78. The summed E-state index contributed by atoms with van der Waals surface area (Å²) in [6.07, 6.45) is 0.637. The number of nitrogens with zero attached hydrogens (tertiary/aromatic N) is 1. The van der Waals surface area contributed by atoms with Crippen LogP contribution in [0, 0.1) is 16.0 Å². The van der Waals surface area contributed by atoms with Gasteiger partial charge in [-0.05, 0) is 31.7 Å². The number of para-hydroxylation sites is 1. The van der Waals surface area contributed by atoms with Gasteiger partial charge in [-0.3, -0.25) is 14.5 Å². The van der Waals surface area contributed by atoms with Gasteiger partial charge in [0.2, 0.25) is 0 Å². The predicted octanol–water partition coefficient (Wildman–Crippen LogP) is 3.19. The molecule has 0 amide bonds. The first kappa shape index (κ1) is 14.6. The zero-order valence-electron chi connectivity index (χ0n) is 10.6. The van der Waals surface area contributed by atoms with Crippen LogP contribution in [0.5, 0.6) is 0 Å². The lowest BCUT2D eigenvalue weighted by atomic mass is 9.85. The average molecular weight is 255 g/mol. The van der Waals surface area contributed by atoms with E-state index in [1.807, 2.05) is 6.92 Å². The maximum atomic E-state index is 12.2. The molecule has 100 valence electrons. The highest BCUT2D eigenvalue weighted by molar-refractivity contribution is 5.43. The van der Waals surface area contributed by atoms with Crippen LogP contribution in [0.2, 0.25) is 0 Å². The van der Waals surface area contributed by atoms with E-state index < -0.39 is 17.2 Å². The highest BCUT2D eigenvalue weighted by atomic mass is 19.1. The van der Waals surface area contributed by atoms with Crippen molar-refractivity contribution in [2.45, 2.75) is 32.3 Å². The third kappa shape index (κ3) is 3.50. The molecule has 0 saturated heterocycles. The second-order valence-corrected chi connectivity index (χ2v) is 4.84. The Labute approximate surface area is 106 Å². The Bertz CT molecular complexity index is 420. The van der Waals surface area contributed by atoms with E-state index in [9.17, 15) is 19.6 Å². The molecule has 0 fully saturated rings. The lowest BCUT2D eigenvalue weighted by Gasteiger charge is -2.26. The van der Waals surface area contributed by atoms with Crippen LogP contribution in [0.1, 0.15) is 32.3 Å².